The van der Waals surface area contributed by atoms with Crippen molar-refractivity contribution >= 4 is 21.8 Å². The predicted octanol–water partition coefficient (Wildman–Crippen LogP) is 1.23. The summed E-state index contributed by atoms with van der Waals surface area (Å²) < 4.78 is 0.742. The number of benzene rings is 1. The predicted molar refractivity (Wildman–Crippen MR) is 61.8 cm³/mol. The summed E-state index contributed by atoms with van der Waals surface area (Å²) in [6, 6.07) is 4.58. The van der Waals surface area contributed by atoms with Crippen LogP contribution in [-0.2, 0) is 0 Å². The summed E-state index contributed by atoms with van der Waals surface area (Å²) >= 11 is 3.23. The molecule has 1 atom stereocenters. The number of halogens is 1. The molecular weight excluding hydrogens is 260 g/mol. The molecule has 1 aromatic carbocycles. The maximum absolute atomic E-state index is 11.6. The highest BCUT2D eigenvalue weighted by Gasteiger charge is 2.11. The molecule has 0 bridgehead atoms. The number of amides is 1. The van der Waals surface area contributed by atoms with Crippen LogP contribution in [0.25, 0.3) is 0 Å². The highest BCUT2D eigenvalue weighted by atomic mass is 79.9. The first-order valence-electron chi connectivity index (χ1n) is 4.53. The summed E-state index contributed by atoms with van der Waals surface area (Å²) in [7, 11) is 0. The lowest BCUT2D eigenvalue weighted by Gasteiger charge is -2.09. The van der Waals surface area contributed by atoms with Crippen molar-refractivity contribution in [1.29, 1.82) is 0 Å². The van der Waals surface area contributed by atoms with Gasteiger partial charge in [0, 0.05) is 17.1 Å². The number of carbonyl (C=O) groups excluding carboxylic acids is 1. The molecule has 0 radical (unpaired) electrons. The number of hydrogen-bond acceptors (Lipinski definition) is 3. The number of phenolic OH excluding ortho intramolecular Hbond substituents is 1. The summed E-state index contributed by atoms with van der Waals surface area (Å²) in [6.45, 7) is 2.17. The van der Waals surface area contributed by atoms with Crippen LogP contribution in [0.5, 0.6) is 5.75 Å². The van der Waals surface area contributed by atoms with Crippen molar-refractivity contribution in [2.75, 3.05) is 6.54 Å². The zero-order valence-electron chi connectivity index (χ0n) is 8.33. The van der Waals surface area contributed by atoms with Crippen molar-refractivity contribution in [3.63, 3.8) is 0 Å². The summed E-state index contributed by atoms with van der Waals surface area (Å²) in [5.74, 6) is -0.369. The highest BCUT2D eigenvalue weighted by molar-refractivity contribution is 9.10. The van der Waals surface area contributed by atoms with E-state index in [4.69, 9.17) is 5.73 Å². The van der Waals surface area contributed by atoms with Crippen molar-refractivity contribution in [3.05, 3.63) is 28.2 Å². The lowest BCUT2D eigenvalue weighted by molar-refractivity contribution is 0.0949. The fourth-order valence-electron chi connectivity index (χ4n) is 1.04. The second kappa shape index (κ2) is 5.14. The molecule has 5 heteroatoms. The maximum atomic E-state index is 11.6. The van der Waals surface area contributed by atoms with E-state index in [1.54, 1.807) is 19.1 Å². The van der Waals surface area contributed by atoms with Gasteiger partial charge in [0.25, 0.3) is 5.91 Å². The van der Waals surface area contributed by atoms with E-state index in [1.165, 1.54) is 6.07 Å². The Morgan fingerprint density at radius 1 is 1.67 bits per heavy atom. The second-order valence-electron chi connectivity index (χ2n) is 3.35. The Labute approximate surface area is 96.6 Å². The Kier molecular flexibility index (Phi) is 4.11. The van der Waals surface area contributed by atoms with Gasteiger partial charge in [-0.25, -0.2) is 0 Å². The highest BCUT2D eigenvalue weighted by Crippen LogP contribution is 2.21. The van der Waals surface area contributed by atoms with Gasteiger partial charge in [-0.3, -0.25) is 4.79 Å². The van der Waals surface area contributed by atoms with E-state index < -0.39 is 0 Å². The van der Waals surface area contributed by atoms with Crippen molar-refractivity contribution < 1.29 is 9.90 Å². The van der Waals surface area contributed by atoms with Crippen LogP contribution in [-0.4, -0.2) is 23.6 Å². The van der Waals surface area contributed by atoms with Gasteiger partial charge in [0.15, 0.2) is 0 Å². The van der Waals surface area contributed by atoms with E-state index >= 15 is 0 Å². The van der Waals surface area contributed by atoms with Gasteiger partial charge < -0.3 is 16.2 Å². The summed E-state index contributed by atoms with van der Waals surface area (Å²) in [6.07, 6.45) is 0. The zero-order chi connectivity index (χ0) is 11.4. The van der Waals surface area contributed by atoms with E-state index in [0.717, 1.165) is 4.47 Å². The minimum Gasteiger partial charge on any atom is -0.507 e. The van der Waals surface area contributed by atoms with E-state index in [-0.39, 0.29) is 23.3 Å². The summed E-state index contributed by atoms with van der Waals surface area (Å²) in [4.78, 5) is 11.6. The molecule has 0 aliphatic rings. The fourth-order valence-corrected chi connectivity index (χ4v) is 1.40. The van der Waals surface area contributed by atoms with Gasteiger partial charge in [0.05, 0.1) is 5.56 Å². The molecule has 0 aromatic heterocycles. The smallest absolute Gasteiger partial charge is 0.255 e. The molecule has 0 aliphatic heterocycles. The van der Waals surface area contributed by atoms with E-state index in [9.17, 15) is 9.90 Å². The molecule has 4 N–H and O–H groups in total. The monoisotopic (exact) mass is 272 g/mol. The van der Waals surface area contributed by atoms with E-state index in [2.05, 4.69) is 21.2 Å². The molecule has 0 aliphatic carbocycles. The molecule has 1 amide bonds. The minimum absolute atomic E-state index is 0.0413. The van der Waals surface area contributed by atoms with Crippen LogP contribution < -0.4 is 11.1 Å². The topological polar surface area (TPSA) is 75.3 Å². The van der Waals surface area contributed by atoms with Crippen molar-refractivity contribution in [3.8, 4) is 5.75 Å². The fraction of sp³-hybridized carbons (Fsp3) is 0.300. The van der Waals surface area contributed by atoms with Gasteiger partial charge in [-0.05, 0) is 25.1 Å². The molecule has 0 fully saturated rings. The molecule has 0 heterocycles. The van der Waals surface area contributed by atoms with Gasteiger partial charge in [-0.15, -0.1) is 0 Å². The first-order valence-corrected chi connectivity index (χ1v) is 5.32. The first kappa shape index (κ1) is 12.0. The normalized spacial score (nSPS) is 12.2. The number of carbonyl (C=O) groups is 1. The van der Waals surface area contributed by atoms with Crippen LogP contribution in [0.3, 0.4) is 0 Å². The lowest BCUT2D eigenvalue weighted by Crippen LogP contribution is -2.35. The molecule has 82 valence electrons. The Morgan fingerprint density at radius 2 is 2.33 bits per heavy atom. The van der Waals surface area contributed by atoms with Crippen LogP contribution in [0.4, 0.5) is 0 Å². The number of hydrogen-bond donors (Lipinski definition) is 3. The molecular formula is C10H13BrN2O2. The number of aromatic hydroxyl groups is 1. The van der Waals surface area contributed by atoms with Crippen LogP contribution in [0.15, 0.2) is 22.7 Å². The lowest BCUT2D eigenvalue weighted by atomic mass is 10.2. The minimum atomic E-state index is -0.328. The van der Waals surface area contributed by atoms with Gasteiger partial charge in [0.2, 0.25) is 0 Å². The Balaban J connectivity index is 2.77. The van der Waals surface area contributed by atoms with Crippen LogP contribution >= 0.6 is 15.9 Å². The summed E-state index contributed by atoms with van der Waals surface area (Å²) in [5.41, 5.74) is 5.74. The largest absolute Gasteiger partial charge is 0.507 e. The van der Waals surface area contributed by atoms with Crippen LogP contribution in [0.2, 0.25) is 0 Å². The number of rotatable bonds is 3. The molecule has 0 saturated heterocycles. The first-order chi connectivity index (χ1) is 7.00. The molecule has 1 rings (SSSR count). The van der Waals surface area contributed by atoms with Crippen molar-refractivity contribution in [2.24, 2.45) is 5.73 Å². The average Bonchev–Trinajstić information content (AvgIpc) is 2.18. The maximum Gasteiger partial charge on any atom is 0.255 e. The zero-order valence-corrected chi connectivity index (χ0v) is 9.91. The Morgan fingerprint density at radius 3 is 2.93 bits per heavy atom. The molecule has 0 saturated carbocycles. The third kappa shape index (κ3) is 3.53. The van der Waals surface area contributed by atoms with Gasteiger partial charge >= 0.3 is 0 Å². The van der Waals surface area contributed by atoms with Crippen molar-refractivity contribution in [2.45, 2.75) is 13.0 Å². The molecule has 1 aromatic rings. The Bertz CT molecular complexity index is 366. The molecule has 4 nitrogen and oxygen atoms in total. The van der Waals surface area contributed by atoms with Crippen molar-refractivity contribution in [1.82, 2.24) is 5.32 Å². The third-order valence-corrected chi connectivity index (χ3v) is 2.28. The van der Waals surface area contributed by atoms with Gasteiger partial charge in [-0.2, -0.15) is 0 Å². The third-order valence-electron chi connectivity index (χ3n) is 1.79. The van der Waals surface area contributed by atoms with E-state index in [1.807, 2.05) is 0 Å². The van der Waals surface area contributed by atoms with Gasteiger partial charge in [-0.1, -0.05) is 15.9 Å². The standard InChI is InChI=1S/C10H13BrN2O2/c1-6(12)5-13-10(15)8-4-7(11)2-3-9(8)14/h2-4,6,14H,5,12H2,1H3,(H,13,15). The number of phenols is 1. The molecule has 15 heavy (non-hydrogen) atoms. The van der Waals surface area contributed by atoms with Gasteiger partial charge in [0.1, 0.15) is 5.75 Å². The second-order valence-corrected chi connectivity index (χ2v) is 4.26. The quantitative estimate of drug-likeness (QED) is 0.775. The average molecular weight is 273 g/mol. The number of nitrogens with one attached hydrogen (secondary N) is 1. The SMILES string of the molecule is CC(N)CNC(=O)c1cc(Br)ccc1O. The number of nitrogens with two attached hydrogens (primary N) is 1. The van der Waals surface area contributed by atoms with Crippen LogP contribution in [0, 0.1) is 0 Å². The van der Waals surface area contributed by atoms with E-state index in [0.29, 0.717) is 6.54 Å². The molecule has 0 spiro atoms. The summed E-state index contributed by atoms with van der Waals surface area (Å²) in [5, 5.41) is 12.1. The Hall–Kier alpha value is -1.07. The van der Waals surface area contributed by atoms with Crippen LogP contribution in [0.1, 0.15) is 17.3 Å². The molecule has 1 unspecified atom stereocenters.